The number of hydrogen-bond donors (Lipinski definition) is 2. The van der Waals surface area contributed by atoms with Crippen LogP contribution in [0.2, 0.25) is 0 Å². The molecule has 0 fully saturated rings. The largest absolute Gasteiger partial charge is 0.507 e. The summed E-state index contributed by atoms with van der Waals surface area (Å²) in [5.74, 6) is 0.132. The second-order valence-electron chi connectivity index (χ2n) is 4.45. The highest BCUT2D eigenvalue weighted by Crippen LogP contribution is 2.29. The number of anilines is 1. The second kappa shape index (κ2) is 5.73. The van der Waals surface area contributed by atoms with Crippen molar-refractivity contribution in [2.24, 2.45) is 0 Å². The van der Waals surface area contributed by atoms with Crippen LogP contribution in [0, 0.1) is 0 Å². The molecule has 0 aliphatic carbocycles. The zero-order chi connectivity index (χ0) is 13.0. The van der Waals surface area contributed by atoms with E-state index < -0.39 is 6.10 Å². The second-order valence-corrected chi connectivity index (χ2v) is 4.45. The number of rotatable bonds is 5. The first-order chi connectivity index (χ1) is 7.97. The molecule has 1 atom stereocenters. The van der Waals surface area contributed by atoms with Crippen molar-refractivity contribution in [3.8, 4) is 5.75 Å². The van der Waals surface area contributed by atoms with E-state index in [-0.39, 0.29) is 5.75 Å². The van der Waals surface area contributed by atoms with Gasteiger partial charge in [0, 0.05) is 29.9 Å². The van der Waals surface area contributed by atoms with E-state index in [0.717, 1.165) is 12.2 Å². The zero-order valence-corrected chi connectivity index (χ0v) is 10.7. The molecule has 0 spiro atoms. The molecular formula is C14H21NO2. The van der Waals surface area contributed by atoms with Crippen LogP contribution in [0.4, 0.5) is 5.69 Å². The number of aliphatic hydroxyl groups is 1. The van der Waals surface area contributed by atoms with Crippen molar-refractivity contribution < 1.29 is 10.2 Å². The van der Waals surface area contributed by atoms with Crippen LogP contribution in [0.25, 0.3) is 0 Å². The maximum atomic E-state index is 9.85. The molecule has 3 nitrogen and oxygen atoms in total. The first-order valence-corrected chi connectivity index (χ1v) is 5.86. The lowest BCUT2D eigenvalue weighted by Gasteiger charge is -2.28. The van der Waals surface area contributed by atoms with Gasteiger partial charge >= 0.3 is 0 Å². The van der Waals surface area contributed by atoms with Gasteiger partial charge in [0.1, 0.15) is 5.75 Å². The van der Waals surface area contributed by atoms with Gasteiger partial charge in [-0.05, 0) is 26.8 Å². The lowest BCUT2D eigenvalue weighted by molar-refractivity contribution is 0.195. The van der Waals surface area contributed by atoms with Crippen molar-refractivity contribution in [2.75, 3.05) is 11.4 Å². The van der Waals surface area contributed by atoms with E-state index in [1.807, 2.05) is 12.1 Å². The van der Waals surface area contributed by atoms with Gasteiger partial charge < -0.3 is 15.1 Å². The average molecular weight is 235 g/mol. The van der Waals surface area contributed by atoms with Crippen LogP contribution in [0.3, 0.4) is 0 Å². The first kappa shape index (κ1) is 13.6. The smallest absolute Gasteiger partial charge is 0.123 e. The Morgan fingerprint density at radius 1 is 1.35 bits per heavy atom. The first-order valence-electron chi connectivity index (χ1n) is 5.86. The third-order valence-electron chi connectivity index (χ3n) is 2.74. The molecular weight excluding hydrogens is 214 g/mol. The van der Waals surface area contributed by atoms with Crippen LogP contribution in [0.1, 0.15) is 32.4 Å². The topological polar surface area (TPSA) is 43.7 Å². The SMILES string of the molecule is C=CCN(c1ccc(C(C)O)c(O)c1)C(C)C. The summed E-state index contributed by atoms with van der Waals surface area (Å²) in [6, 6.07) is 5.68. The Morgan fingerprint density at radius 3 is 2.41 bits per heavy atom. The molecule has 1 aromatic carbocycles. The minimum absolute atomic E-state index is 0.132. The van der Waals surface area contributed by atoms with Gasteiger partial charge in [0.25, 0.3) is 0 Å². The Labute approximate surface area is 103 Å². The fourth-order valence-corrected chi connectivity index (χ4v) is 1.82. The lowest BCUT2D eigenvalue weighted by Crippen LogP contribution is -2.30. The number of phenols is 1. The molecule has 1 unspecified atom stereocenters. The normalized spacial score (nSPS) is 12.5. The molecule has 0 bridgehead atoms. The van der Waals surface area contributed by atoms with Crippen molar-refractivity contribution in [3.63, 3.8) is 0 Å². The van der Waals surface area contributed by atoms with Crippen molar-refractivity contribution in [2.45, 2.75) is 32.9 Å². The maximum absolute atomic E-state index is 9.85. The van der Waals surface area contributed by atoms with E-state index in [9.17, 15) is 10.2 Å². The van der Waals surface area contributed by atoms with E-state index in [0.29, 0.717) is 11.6 Å². The summed E-state index contributed by atoms with van der Waals surface area (Å²) in [5, 5.41) is 19.3. The van der Waals surface area contributed by atoms with Crippen molar-refractivity contribution in [1.82, 2.24) is 0 Å². The van der Waals surface area contributed by atoms with Gasteiger partial charge in [0.15, 0.2) is 0 Å². The van der Waals surface area contributed by atoms with E-state index in [1.54, 1.807) is 19.1 Å². The van der Waals surface area contributed by atoms with Crippen molar-refractivity contribution in [3.05, 3.63) is 36.4 Å². The highest BCUT2D eigenvalue weighted by molar-refractivity contribution is 5.54. The van der Waals surface area contributed by atoms with Gasteiger partial charge in [-0.2, -0.15) is 0 Å². The maximum Gasteiger partial charge on any atom is 0.123 e. The van der Waals surface area contributed by atoms with Crippen molar-refractivity contribution >= 4 is 5.69 Å². The fraction of sp³-hybridized carbons (Fsp3) is 0.429. The van der Waals surface area contributed by atoms with Crippen LogP contribution in [0.5, 0.6) is 5.75 Å². The third-order valence-corrected chi connectivity index (χ3v) is 2.74. The van der Waals surface area contributed by atoms with Gasteiger partial charge in [-0.3, -0.25) is 0 Å². The van der Waals surface area contributed by atoms with Gasteiger partial charge in [-0.15, -0.1) is 6.58 Å². The van der Waals surface area contributed by atoms with Crippen LogP contribution in [-0.4, -0.2) is 22.8 Å². The molecule has 1 aromatic rings. The molecule has 0 saturated carbocycles. The van der Waals surface area contributed by atoms with Crippen LogP contribution in [0.15, 0.2) is 30.9 Å². The molecule has 0 aliphatic rings. The van der Waals surface area contributed by atoms with Gasteiger partial charge in [0.05, 0.1) is 6.10 Å². The molecule has 0 amide bonds. The number of aromatic hydroxyl groups is 1. The van der Waals surface area contributed by atoms with E-state index in [1.165, 1.54) is 0 Å². The summed E-state index contributed by atoms with van der Waals surface area (Å²) in [4.78, 5) is 2.12. The third kappa shape index (κ3) is 3.24. The number of nitrogens with zero attached hydrogens (tertiary/aromatic N) is 1. The van der Waals surface area contributed by atoms with E-state index in [2.05, 4.69) is 25.3 Å². The number of phenolic OH excluding ortho intramolecular Hbond substituents is 1. The summed E-state index contributed by atoms with van der Waals surface area (Å²) >= 11 is 0. The standard InChI is InChI=1S/C14H21NO2/c1-5-8-15(10(2)3)12-6-7-13(11(4)16)14(17)9-12/h5-7,9-11,16-17H,1,8H2,2-4H3. The van der Waals surface area contributed by atoms with E-state index >= 15 is 0 Å². The number of hydrogen-bond acceptors (Lipinski definition) is 3. The summed E-state index contributed by atoms with van der Waals surface area (Å²) < 4.78 is 0. The Kier molecular flexibility index (Phi) is 4.58. The Hall–Kier alpha value is -1.48. The van der Waals surface area contributed by atoms with Crippen molar-refractivity contribution in [1.29, 1.82) is 0 Å². The Balaban J connectivity index is 3.06. The lowest BCUT2D eigenvalue weighted by atomic mass is 10.1. The summed E-state index contributed by atoms with van der Waals surface area (Å²) in [5.41, 5.74) is 1.48. The highest BCUT2D eigenvalue weighted by Gasteiger charge is 2.13. The Morgan fingerprint density at radius 2 is 2.00 bits per heavy atom. The van der Waals surface area contributed by atoms with Crippen LogP contribution in [-0.2, 0) is 0 Å². The van der Waals surface area contributed by atoms with Gasteiger partial charge in [0.2, 0.25) is 0 Å². The molecule has 2 N–H and O–H groups in total. The molecule has 0 aromatic heterocycles. The Bertz CT molecular complexity index is 386. The predicted octanol–water partition coefficient (Wildman–Crippen LogP) is 2.85. The van der Waals surface area contributed by atoms with Crippen LogP contribution >= 0.6 is 0 Å². The molecule has 17 heavy (non-hydrogen) atoms. The number of aliphatic hydroxyl groups excluding tert-OH is 1. The highest BCUT2D eigenvalue weighted by atomic mass is 16.3. The summed E-state index contributed by atoms with van der Waals surface area (Å²) in [6.07, 6.45) is 1.18. The molecule has 0 saturated heterocycles. The minimum Gasteiger partial charge on any atom is -0.507 e. The van der Waals surface area contributed by atoms with Gasteiger partial charge in [-0.1, -0.05) is 12.1 Å². The molecule has 1 rings (SSSR count). The zero-order valence-electron chi connectivity index (χ0n) is 10.7. The summed E-state index contributed by atoms with van der Waals surface area (Å²) in [6.45, 7) is 10.3. The van der Waals surface area contributed by atoms with Crippen LogP contribution < -0.4 is 4.90 Å². The van der Waals surface area contributed by atoms with E-state index in [4.69, 9.17) is 0 Å². The minimum atomic E-state index is -0.657. The molecule has 94 valence electrons. The fourth-order valence-electron chi connectivity index (χ4n) is 1.82. The average Bonchev–Trinajstić information content (AvgIpc) is 2.24. The molecule has 0 radical (unpaired) electrons. The molecule has 0 aliphatic heterocycles. The monoisotopic (exact) mass is 235 g/mol. The molecule has 0 heterocycles. The summed E-state index contributed by atoms with van der Waals surface area (Å²) in [7, 11) is 0. The molecule has 3 heteroatoms. The van der Waals surface area contributed by atoms with Gasteiger partial charge in [-0.25, -0.2) is 0 Å². The number of benzene rings is 1. The predicted molar refractivity (Wildman–Crippen MR) is 71.4 cm³/mol. The quantitative estimate of drug-likeness (QED) is 0.771.